The van der Waals surface area contributed by atoms with Crippen LogP contribution in [0, 0.1) is 0 Å². The first-order chi connectivity index (χ1) is 6.59. The van der Waals surface area contributed by atoms with Gasteiger partial charge in [-0.05, 0) is 13.3 Å². The predicted molar refractivity (Wildman–Crippen MR) is 55.0 cm³/mol. The molecule has 82 valence electrons. The van der Waals surface area contributed by atoms with E-state index in [0.29, 0.717) is 6.42 Å². The quantitative estimate of drug-likeness (QED) is 0.693. The molecule has 1 aliphatic rings. The molecule has 0 aromatic rings. The van der Waals surface area contributed by atoms with Crippen LogP contribution in [0.3, 0.4) is 0 Å². The summed E-state index contributed by atoms with van der Waals surface area (Å²) in [6.07, 6.45) is 1.15. The maximum atomic E-state index is 11.3. The van der Waals surface area contributed by atoms with Gasteiger partial charge in [0.25, 0.3) is 0 Å². The lowest BCUT2D eigenvalue weighted by atomic mass is 10.2. The van der Waals surface area contributed by atoms with E-state index in [2.05, 4.69) is 4.90 Å². The number of hydrogen-bond donors (Lipinski definition) is 1. The molecule has 1 unspecified atom stereocenters. The van der Waals surface area contributed by atoms with Crippen molar-refractivity contribution in [2.75, 3.05) is 33.2 Å². The van der Waals surface area contributed by atoms with E-state index >= 15 is 0 Å². The number of carbonyl (C=O) groups is 1. The highest BCUT2D eigenvalue weighted by Gasteiger charge is 2.17. The van der Waals surface area contributed by atoms with Crippen molar-refractivity contribution in [3.63, 3.8) is 0 Å². The van der Waals surface area contributed by atoms with Gasteiger partial charge in [-0.15, -0.1) is 0 Å². The van der Waals surface area contributed by atoms with Gasteiger partial charge in [0.1, 0.15) is 0 Å². The highest BCUT2D eigenvalue weighted by molar-refractivity contribution is 5.76. The Labute approximate surface area is 85.5 Å². The number of nitrogens with zero attached hydrogens (tertiary/aromatic N) is 2. The van der Waals surface area contributed by atoms with E-state index in [1.54, 1.807) is 11.8 Å². The summed E-state index contributed by atoms with van der Waals surface area (Å²) >= 11 is 0. The molecule has 0 spiro atoms. The average molecular weight is 200 g/mol. The van der Waals surface area contributed by atoms with Gasteiger partial charge in [-0.1, -0.05) is 0 Å². The van der Waals surface area contributed by atoms with Crippen LogP contribution < -0.4 is 0 Å². The number of amides is 1. The first-order valence-electron chi connectivity index (χ1n) is 5.24. The summed E-state index contributed by atoms with van der Waals surface area (Å²) in [6.45, 7) is 5.25. The van der Waals surface area contributed by atoms with Gasteiger partial charge in [-0.2, -0.15) is 0 Å². The Hall–Kier alpha value is -0.610. The van der Waals surface area contributed by atoms with Crippen LogP contribution in [0.5, 0.6) is 0 Å². The molecule has 1 aliphatic heterocycles. The summed E-state index contributed by atoms with van der Waals surface area (Å²) in [5.41, 5.74) is 0. The molecule has 0 saturated carbocycles. The monoisotopic (exact) mass is 200 g/mol. The normalized spacial score (nSPS) is 22.2. The second-order valence-corrected chi connectivity index (χ2v) is 4.04. The third-order valence-electron chi connectivity index (χ3n) is 2.68. The molecule has 14 heavy (non-hydrogen) atoms. The maximum absolute atomic E-state index is 11.3. The smallest absolute Gasteiger partial charge is 0.223 e. The van der Waals surface area contributed by atoms with E-state index in [-0.39, 0.29) is 12.0 Å². The first kappa shape index (κ1) is 11.5. The predicted octanol–water partition coefficient (Wildman–Crippen LogP) is -0.0786. The molecule has 1 rings (SSSR count). The maximum Gasteiger partial charge on any atom is 0.223 e. The zero-order valence-corrected chi connectivity index (χ0v) is 9.07. The molecule has 0 aromatic heterocycles. The third kappa shape index (κ3) is 3.64. The van der Waals surface area contributed by atoms with E-state index in [0.717, 1.165) is 32.6 Å². The van der Waals surface area contributed by atoms with Gasteiger partial charge < -0.3 is 14.9 Å². The number of aliphatic hydroxyl groups excluding tert-OH is 1. The molecule has 1 amide bonds. The van der Waals surface area contributed by atoms with Crippen LogP contribution in [-0.2, 0) is 4.79 Å². The zero-order chi connectivity index (χ0) is 10.6. The number of hydrogen-bond acceptors (Lipinski definition) is 3. The van der Waals surface area contributed by atoms with Crippen LogP contribution in [0.2, 0.25) is 0 Å². The molecule has 1 atom stereocenters. The fourth-order valence-corrected chi connectivity index (χ4v) is 1.57. The fourth-order valence-electron chi connectivity index (χ4n) is 1.57. The lowest BCUT2D eigenvalue weighted by Crippen LogP contribution is -2.31. The fraction of sp³-hybridized carbons (Fsp3) is 0.900. The summed E-state index contributed by atoms with van der Waals surface area (Å²) in [5.74, 6) is 0.226. The number of aliphatic hydroxyl groups is 1. The van der Waals surface area contributed by atoms with Crippen LogP contribution in [0.25, 0.3) is 0 Å². The summed E-state index contributed by atoms with van der Waals surface area (Å²) in [5, 5.41) is 9.15. The molecular formula is C10H20N2O2. The highest BCUT2D eigenvalue weighted by Crippen LogP contribution is 2.04. The van der Waals surface area contributed by atoms with Gasteiger partial charge in [0.2, 0.25) is 5.91 Å². The second-order valence-electron chi connectivity index (χ2n) is 4.04. The Morgan fingerprint density at radius 2 is 2.14 bits per heavy atom. The molecule has 1 heterocycles. The third-order valence-corrected chi connectivity index (χ3v) is 2.68. The van der Waals surface area contributed by atoms with Crippen molar-refractivity contribution in [1.29, 1.82) is 0 Å². The van der Waals surface area contributed by atoms with Gasteiger partial charge in [0, 0.05) is 39.6 Å². The molecule has 1 N–H and O–H groups in total. The van der Waals surface area contributed by atoms with E-state index < -0.39 is 0 Å². The molecule has 1 saturated heterocycles. The lowest BCUT2D eigenvalue weighted by Gasteiger charge is -2.20. The SMILES string of the molecule is CC(O)CCN1CCC(=O)N(C)CC1. The van der Waals surface area contributed by atoms with Gasteiger partial charge in [-0.3, -0.25) is 4.79 Å². The molecule has 0 radical (unpaired) electrons. The van der Waals surface area contributed by atoms with Crippen molar-refractivity contribution < 1.29 is 9.90 Å². The van der Waals surface area contributed by atoms with Crippen LogP contribution in [0.4, 0.5) is 0 Å². The Balaban J connectivity index is 2.31. The number of likely N-dealkylation sites (N-methyl/N-ethyl adjacent to an activating group) is 1. The second kappa shape index (κ2) is 5.32. The molecule has 0 aromatic carbocycles. The van der Waals surface area contributed by atoms with E-state index in [9.17, 15) is 4.79 Å². The standard InChI is InChI=1S/C10H20N2O2/c1-9(13)3-5-12-6-4-10(14)11(2)7-8-12/h9,13H,3-8H2,1-2H3. The molecule has 1 fully saturated rings. The lowest BCUT2D eigenvalue weighted by molar-refractivity contribution is -0.129. The minimum Gasteiger partial charge on any atom is -0.393 e. The molecule has 4 heteroatoms. The van der Waals surface area contributed by atoms with Crippen LogP contribution in [-0.4, -0.2) is 60.1 Å². The Bertz CT molecular complexity index is 195. The zero-order valence-electron chi connectivity index (χ0n) is 9.07. The average Bonchev–Trinajstić information content (AvgIpc) is 2.28. The van der Waals surface area contributed by atoms with E-state index in [1.807, 2.05) is 7.05 Å². The van der Waals surface area contributed by atoms with Crippen molar-refractivity contribution in [2.45, 2.75) is 25.9 Å². The minimum atomic E-state index is -0.244. The van der Waals surface area contributed by atoms with Gasteiger partial charge in [0.15, 0.2) is 0 Å². The summed E-state index contributed by atoms with van der Waals surface area (Å²) in [7, 11) is 1.85. The summed E-state index contributed by atoms with van der Waals surface area (Å²) < 4.78 is 0. The molecule has 4 nitrogen and oxygen atoms in total. The van der Waals surface area contributed by atoms with E-state index in [4.69, 9.17) is 5.11 Å². The summed E-state index contributed by atoms with van der Waals surface area (Å²) in [6, 6.07) is 0. The molecule has 0 aliphatic carbocycles. The number of rotatable bonds is 3. The Kier molecular flexibility index (Phi) is 4.35. The Morgan fingerprint density at radius 3 is 2.79 bits per heavy atom. The van der Waals surface area contributed by atoms with Gasteiger partial charge in [0.05, 0.1) is 6.10 Å². The largest absolute Gasteiger partial charge is 0.393 e. The topological polar surface area (TPSA) is 43.8 Å². The first-order valence-corrected chi connectivity index (χ1v) is 5.24. The van der Waals surface area contributed by atoms with Crippen molar-refractivity contribution in [1.82, 2.24) is 9.80 Å². The van der Waals surface area contributed by atoms with Gasteiger partial charge in [-0.25, -0.2) is 0 Å². The van der Waals surface area contributed by atoms with Crippen LogP contribution in [0.15, 0.2) is 0 Å². The number of carbonyl (C=O) groups excluding carboxylic acids is 1. The van der Waals surface area contributed by atoms with Crippen molar-refractivity contribution in [3.8, 4) is 0 Å². The summed E-state index contributed by atoms with van der Waals surface area (Å²) in [4.78, 5) is 15.4. The molecule has 0 bridgehead atoms. The van der Waals surface area contributed by atoms with Crippen molar-refractivity contribution in [3.05, 3.63) is 0 Å². The Morgan fingerprint density at radius 1 is 1.43 bits per heavy atom. The molecular weight excluding hydrogens is 180 g/mol. The highest BCUT2D eigenvalue weighted by atomic mass is 16.3. The minimum absolute atomic E-state index is 0.226. The van der Waals surface area contributed by atoms with E-state index in [1.165, 1.54) is 0 Å². The van der Waals surface area contributed by atoms with Gasteiger partial charge >= 0.3 is 0 Å². The van der Waals surface area contributed by atoms with Crippen molar-refractivity contribution in [2.24, 2.45) is 0 Å². The van der Waals surface area contributed by atoms with Crippen LogP contribution >= 0.6 is 0 Å². The van der Waals surface area contributed by atoms with Crippen LogP contribution in [0.1, 0.15) is 19.8 Å². The van der Waals surface area contributed by atoms with Crippen molar-refractivity contribution >= 4 is 5.91 Å².